The number of benzene rings is 4. The average Bonchev–Trinajstić information content (AvgIpc) is 2.82. The topological polar surface area (TPSA) is 59.6 Å². The third-order valence-electron chi connectivity index (χ3n) is 4.72. The van der Waals surface area contributed by atoms with Gasteiger partial charge in [-0.15, -0.1) is 0 Å². The number of carbonyl (C=O) groups excluding carboxylic acids is 1. The van der Waals surface area contributed by atoms with Crippen LogP contribution < -0.4 is 20.1 Å². The summed E-state index contributed by atoms with van der Waals surface area (Å²) in [6.07, 6.45) is 0. The molecule has 1 amide bonds. The number of nitrogens with one attached hydrogen (secondary N) is 2. The van der Waals surface area contributed by atoms with Crippen molar-refractivity contribution in [3.05, 3.63) is 97.1 Å². The van der Waals surface area contributed by atoms with Crippen LogP contribution in [0, 0.1) is 0 Å². The summed E-state index contributed by atoms with van der Waals surface area (Å²) >= 11 is 0. The smallest absolute Gasteiger partial charge is 0.243 e. The molecule has 0 saturated carbocycles. The number of anilines is 2. The monoisotopic (exact) mass is 412 g/mol. The zero-order valence-electron chi connectivity index (χ0n) is 17.1. The third-order valence-corrected chi connectivity index (χ3v) is 4.72. The lowest BCUT2D eigenvalue weighted by Gasteiger charge is -2.13. The van der Waals surface area contributed by atoms with Crippen molar-refractivity contribution in [2.45, 2.75) is 0 Å². The van der Waals surface area contributed by atoms with Crippen molar-refractivity contribution in [1.29, 1.82) is 0 Å². The lowest BCUT2D eigenvalue weighted by Crippen LogP contribution is -2.22. The maximum Gasteiger partial charge on any atom is 0.243 e. The highest BCUT2D eigenvalue weighted by Gasteiger charge is 2.08. The number of hydrogen-bond acceptors (Lipinski definition) is 4. The highest BCUT2D eigenvalue weighted by molar-refractivity contribution is 5.95. The number of para-hydroxylation sites is 3. The van der Waals surface area contributed by atoms with Crippen LogP contribution in [0.1, 0.15) is 0 Å². The van der Waals surface area contributed by atoms with E-state index in [0.29, 0.717) is 24.7 Å². The summed E-state index contributed by atoms with van der Waals surface area (Å²) in [5, 5.41) is 8.38. The van der Waals surface area contributed by atoms with E-state index in [1.54, 1.807) is 0 Å². The van der Waals surface area contributed by atoms with E-state index in [2.05, 4.69) is 22.8 Å². The lowest BCUT2D eigenvalue weighted by molar-refractivity contribution is -0.114. The highest BCUT2D eigenvalue weighted by Crippen LogP contribution is 2.24. The Kier molecular flexibility index (Phi) is 6.65. The molecule has 5 nitrogen and oxygen atoms in total. The Labute approximate surface area is 181 Å². The quantitative estimate of drug-likeness (QED) is 0.364. The Bertz CT molecular complexity index is 1150. The largest absolute Gasteiger partial charge is 0.490 e. The first-order chi connectivity index (χ1) is 15.3. The van der Waals surface area contributed by atoms with Gasteiger partial charge in [-0.25, -0.2) is 0 Å². The highest BCUT2D eigenvalue weighted by atomic mass is 16.5. The molecule has 2 N–H and O–H groups in total. The summed E-state index contributed by atoms with van der Waals surface area (Å²) in [5.41, 5.74) is 1.53. The molecule has 0 fully saturated rings. The lowest BCUT2D eigenvalue weighted by atomic mass is 10.1. The van der Waals surface area contributed by atoms with E-state index in [4.69, 9.17) is 9.47 Å². The average molecular weight is 412 g/mol. The summed E-state index contributed by atoms with van der Waals surface area (Å²) < 4.78 is 11.5. The van der Waals surface area contributed by atoms with Gasteiger partial charge in [0.25, 0.3) is 0 Å². The summed E-state index contributed by atoms with van der Waals surface area (Å²) in [7, 11) is 0. The van der Waals surface area contributed by atoms with Gasteiger partial charge in [0.15, 0.2) is 0 Å². The van der Waals surface area contributed by atoms with Gasteiger partial charge < -0.3 is 20.1 Å². The Balaban J connectivity index is 1.28. The molecule has 0 bridgehead atoms. The van der Waals surface area contributed by atoms with Gasteiger partial charge in [-0.05, 0) is 47.2 Å². The van der Waals surface area contributed by atoms with E-state index in [0.717, 1.165) is 16.8 Å². The summed E-state index contributed by atoms with van der Waals surface area (Å²) in [4.78, 5) is 12.5. The molecule has 4 aromatic rings. The molecule has 156 valence electrons. The van der Waals surface area contributed by atoms with Crippen LogP contribution in [0.4, 0.5) is 11.4 Å². The van der Waals surface area contributed by atoms with Crippen molar-refractivity contribution in [2.75, 3.05) is 30.4 Å². The van der Waals surface area contributed by atoms with Gasteiger partial charge in [0.2, 0.25) is 5.91 Å². The van der Waals surface area contributed by atoms with E-state index in [9.17, 15) is 4.79 Å². The molecule has 31 heavy (non-hydrogen) atoms. The van der Waals surface area contributed by atoms with Gasteiger partial charge in [0.1, 0.15) is 24.7 Å². The maximum absolute atomic E-state index is 12.5. The molecular weight excluding hydrogens is 388 g/mol. The molecule has 0 unspecified atom stereocenters. The first-order valence-corrected chi connectivity index (χ1v) is 10.2. The molecule has 0 heterocycles. The zero-order chi connectivity index (χ0) is 21.3. The van der Waals surface area contributed by atoms with Crippen molar-refractivity contribution in [2.24, 2.45) is 0 Å². The fraction of sp³-hybridized carbons (Fsp3) is 0.115. The van der Waals surface area contributed by atoms with Gasteiger partial charge in [0.05, 0.1) is 12.2 Å². The van der Waals surface area contributed by atoms with Crippen molar-refractivity contribution in [3.63, 3.8) is 0 Å². The number of carbonyl (C=O) groups is 1. The van der Waals surface area contributed by atoms with Gasteiger partial charge >= 0.3 is 0 Å². The van der Waals surface area contributed by atoms with E-state index in [1.807, 2.05) is 84.9 Å². The van der Waals surface area contributed by atoms with Gasteiger partial charge in [0, 0.05) is 5.69 Å². The second kappa shape index (κ2) is 10.2. The predicted molar refractivity (Wildman–Crippen MR) is 125 cm³/mol. The Morgan fingerprint density at radius 2 is 1.42 bits per heavy atom. The number of fused-ring (bicyclic) bond motifs is 1. The van der Waals surface area contributed by atoms with Crippen molar-refractivity contribution < 1.29 is 14.3 Å². The van der Waals surface area contributed by atoms with Crippen molar-refractivity contribution in [1.82, 2.24) is 0 Å². The second-order valence-electron chi connectivity index (χ2n) is 6.97. The van der Waals surface area contributed by atoms with E-state index in [1.165, 1.54) is 5.39 Å². The second-order valence-corrected chi connectivity index (χ2v) is 6.97. The molecule has 0 aliphatic carbocycles. The van der Waals surface area contributed by atoms with Gasteiger partial charge in [-0.3, -0.25) is 4.79 Å². The number of ether oxygens (including phenoxy) is 2. The van der Waals surface area contributed by atoms with Gasteiger partial charge in [-0.1, -0.05) is 60.7 Å². The van der Waals surface area contributed by atoms with Crippen LogP contribution in [-0.2, 0) is 4.79 Å². The number of hydrogen-bond donors (Lipinski definition) is 2. The third kappa shape index (κ3) is 5.76. The number of rotatable bonds is 9. The fourth-order valence-corrected chi connectivity index (χ4v) is 3.20. The SMILES string of the molecule is O=C(CNc1ccc2ccccc2c1)Nc1ccccc1OCCOc1ccccc1. The number of amides is 1. The first kappa shape index (κ1) is 20.3. The fourth-order valence-electron chi connectivity index (χ4n) is 3.20. The van der Waals surface area contributed by atoms with Crippen LogP contribution in [0.5, 0.6) is 11.5 Å². The molecule has 4 rings (SSSR count). The minimum absolute atomic E-state index is 0.148. The standard InChI is InChI=1S/C26H24N2O3/c29-26(19-27-22-15-14-20-8-4-5-9-21(20)18-22)28-24-12-6-7-13-25(24)31-17-16-30-23-10-2-1-3-11-23/h1-15,18,27H,16-17,19H2,(H,28,29). The predicted octanol–water partition coefficient (Wildman–Crippen LogP) is 5.35. The normalized spacial score (nSPS) is 10.5. The van der Waals surface area contributed by atoms with Gasteiger partial charge in [-0.2, -0.15) is 0 Å². The molecule has 0 atom stereocenters. The first-order valence-electron chi connectivity index (χ1n) is 10.2. The van der Waals surface area contributed by atoms with Crippen LogP contribution in [0.3, 0.4) is 0 Å². The molecule has 0 spiro atoms. The van der Waals surface area contributed by atoms with E-state index < -0.39 is 0 Å². The molecule has 0 aliphatic heterocycles. The van der Waals surface area contributed by atoms with Crippen LogP contribution in [-0.4, -0.2) is 25.7 Å². The minimum Gasteiger partial charge on any atom is -0.490 e. The van der Waals surface area contributed by atoms with Crippen LogP contribution in [0.25, 0.3) is 10.8 Å². The molecule has 4 aromatic carbocycles. The van der Waals surface area contributed by atoms with Crippen molar-refractivity contribution in [3.8, 4) is 11.5 Å². The molecule has 0 aromatic heterocycles. The molecule has 0 saturated heterocycles. The maximum atomic E-state index is 12.5. The van der Waals surface area contributed by atoms with E-state index in [-0.39, 0.29) is 12.5 Å². The van der Waals surface area contributed by atoms with E-state index >= 15 is 0 Å². The summed E-state index contributed by atoms with van der Waals surface area (Å²) in [6, 6.07) is 31.1. The van der Waals surface area contributed by atoms with Crippen LogP contribution in [0.2, 0.25) is 0 Å². The molecule has 0 aliphatic rings. The Hall–Kier alpha value is -3.99. The molecule has 5 heteroatoms. The Morgan fingerprint density at radius 1 is 0.710 bits per heavy atom. The van der Waals surface area contributed by atoms with Crippen molar-refractivity contribution >= 4 is 28.1 Å². The zero-order valence-corrected chi connectivity index (χ0v) is 17.1. The Morgan fingerprint density at radius 3 is 2.29 bits per heavy atom. The van der Waals surface area contributed by atoms with Crippen LogP contribution in [0.15, 0.2) is 97.1 Å². The summed E-state index contributed by atoms with van der Waals surface area (Å²) in [5.74, 6) is 1.26. The molecular formula is C26H24N2O3. The molecule has 0 radical (unpaired) electrons. The summed E-state index contributed by atoms with van der Waals surface area (Å²) in [6.45, 7) is 0.941. The van der Waals surface area contributed by atoms with Crippen LogP contribution >= 0.6 is 0 Å². The minimum atomic E-state index is -0.148.